The van der Waals surface area contributed by atoms with Crippen molar-refractivity contribution in [2.24, 2.45) is 11.8 Å². The summed E-state index contributed by atoms with van der Waals surface area (Å²) in [7, 11) is 0. The van der Waals surface area contributed by atoms with Gasteiger partial charge in [0.2, 0.25) is 0 Å². The quantitative estimate of drug-likeness (QED) is 0.464. The van der Waals surface area contributed by atoms with Gasteiger partial charge in [0.15, 0.2) is 0 Å². The van der Waals surface area contributed by atoms with E-state index in [1.807, 2.05) is 0 Å². The predicted molar refractivity (Wildman–Crippen MR) is 70.9 cm³/mol. The molecule has 0 rings (SSSR count). The van der Waals surface area contributed by atoms with Crippen LogP contribution < -0.4 is 0 Å². The molecule has 0 aliphatic heterocycles. The molecule has 0 saturated carbocycles. The molecule has 0 bridgehead atoms. The molecule has 0 aromatic rings. The van der Waals surface area contributed by atoms with Gasteiger partial charge in [0.05, 0.1) is 0 Å². The van der Waals surface area contributed by atoms with E-state index in [9.17, 15) is 0 Å². The zero-order valence-corrected chi connectivity index (χ0v) is 11.6. The third-order valence-electron chi connectivity index (χ3n) is 3.80. The van der Waals surface area contributed by atoms with Gasteiger partial charge in [0.25, 0.3) is 0 Å². The van der Waals surface area contributed by atoms with Crippen LogP contribution in [0.25, 0.3) is 0 Å². The van der Waals surface area contributed by atoms with Crippen LogP contribution >= 0.6 is 0 Å². The molecule has 0 fully saturated rings. The van der Waals surface area contributed by atoms with Gasteiger partial charge in [-0.05, 0) is 30.6 Å². The van der Waals surface area contributed by atoms with Crippen LogP contribution in [-0.2, 0) is 0 Å². The molecule has 0 amide bonds. The second kappa shape index (κ2) is 9.24. The Bertz CT molecular complexity index is 122. The van der Waals surface area contributed by atoms with Crippen molar-refractivity contribution in [3.05, 3.63) is 5.92 Å². The lowest BCUT2D eigenvalue weighted by Crippen LogP contribution is -2.08. The highest BCUT2D eigenvalue weighted by Gasteiger charge is 2.13. The van der Waals surface area contributed by atoms with Gasteiger partial charge in [0, 0.05) is 0 Å². The summed E-state index contributed by atoms with van der Waals surface area (Å²) < 4.78 is 0. The minimum Gasteiger partial charge on any atom is -0.0654 e. The Morgan fingerprint density at radius 2 is 1.40 bits per heavy atom. The van der Waals surface area contributed by atoms with Crippen LogP contribution in [0.3, 0.4) is 0 Å². The summed E-state index contributed by atoms with van der Waals surface area (Å²) in [4.78, 5) is 0. The first-order chi connectivity index (χ1) is 7.15. The van der Waals surface area contributed by atoms with Crippen LogP contribution in [0.1, 0.15) is 79.6 Å². The Morgan fingerprint density at radius 3 is 1.80 bits per heavy atom. The number of hydrogen-bond acceptors (Lipinski definition) is 0. The second-order valence-corrected chi connectivity index (χ2v) is 5.12. The summed E-state index contributed by atoms with van der Waals surface area (Å²) >= 11 is 0. The van der Waals surface area contributed by atoms with Crippen LogP contribution in [0.5, 0.6) is 0 Å². The molecule has 1 atom stereocenters. The highest BCUT2D eigenvalue weighted by molar-refractivity contribution is 4.88. The second-order valence-electron chi connectivity index (χ2n) is 5.12. The SMILES string of the molecule is CCCC(CCC)CCC(C)[C](C)CC. The number of hydrogen-bond donors (Lipinski definition) is 0. The molecule has 0 aliphatic carbocycles. The molecular formula is C15H31. The van der Waals surface area contributed by atoms with E-state index < -0.39 is 0 Å². The molecule has 1 unspecified atom stereocenters. The summed E-state index contributed by atoms with van der Waals surface area (Å²) in [6.07, 6.45) is 9.69. The highest BCUT2D eigenvalue weighted by Crippen LogP contribution is 2.27. The fourth-order valence-corrected chi connectivity index (χ4v) is 2.33. The van der Waals surface area contributed by atoms with Gasteiger partial charge in [-0.3, -0.25) is 0 Å². The normalized spacial score (nSPS) is 13.8. The van der Waals surface area contributed by atoms with Gasteiger partial charge in [-0.15, -0.1) is 0 Å². The maximum Gasteiger partial charge on any atom is -0.0246 e. The maximum atomic E-state index is 2.40. The molecule has 0 heterocycles. The Hall–Kier alpha value is 0. The van der Waals surface area contributed by atoms with Crippen molar-refractivity contribution in [2.45, 2.75) is 79.6 Å². The van der Waals surface area contributed by atoms with Crippen LogP contribution in [-0.4, -0.2) is 0 Å². The summed E-state index contributed by atoms with van der Waals surface area (Å²) in [6, 6.07) is 0. The molecular weight excluding hydrogens is 180 g/mol. The van der Waals surface area contributed by atoms with Crippen molar-refractivity contribution in [2.75, 3.05) is 0 Å². The summed E-state index contributed by atoms with van der Waals surface area (Å²) in [6.45, 7) is 11.6. The third kappa shape index (κ3) is 6.98. The Morgan fingerprint density at radius 1 is 0.867 bits per heavy atom. The summed E-state index contributed by atoms with van der Waals surface area (Å²) in [5.74, 6) is 3.51. The minimum absolute atomic E-state index is 0.839. The van der Waals surface area contributed by atoms with Crippen molar-refractivity contribution in [1.29, 1.82) is 0 Å². The average molecular weight is 211 g/mol. The molecule has 0 aliphatic rings. The minimum atomic E-state index is 0.839. The standard InChI is InChI=1S/C15H31/c1-6-9-15(10-7-2)12-11-14(5)13(4)8-3/h14-15H,6-12H2,1-5H3. The predicted octanol–water partition coefficient (Wildman–Crippen LogP) is 5.62. The topological polar surface area (TPSA) is 0 Å². The fourth-order valence-electron chi connectivity index (χ4n) is 2.33. The van der Waals surface area contributed by atoms with Crippen molar-refractivity contribution in [1.82, 2.24) is 0 Å². The average Bonchev–Trinajstić information content (AvgIpc) is 2.25. The molecule has 15 heavy (non-hydrogen) atoms. The zero-order valence-electron chi connectivity index (χ0n) is 11.6. The van der Waals surface area contributed by atoms with E-state index in [4.69, 9.17) is 0 Å². The van der Waals surface area contributed by atoms with Crippen LogP contribution in [0.4, 0.5) is 0 Å². The van der Waals surface area contributed by atoms with Gasteiger partial charge < -0.3 is 0 Å². The first-order valence-electron chi connectivity index (χ1n) is 6.97. The number of rotatable bonds is 9. The lowest BCUT2D eigenvalue weighted by Gasteiger charge is -2.21. The molecule has 0 heteroatoms. The monoisotopic (exact) mass is 211 g/mol. The zero-order chi connectivity index (χ0) is 11.7. The van der Waals surface area contributed by atoms with Crippen LogP contribution in [0.15, 0.2) is 0 Å². The van der Waals surface area contributed by atoms with Gasteiger partial charge in [-0.1, -0.05) is 66.7 Å². The Kier molecular flexibility index (Phi) is 9.24. The lowest BCUT2D eigenvalue weighted by atomic mass is 9.84. The van der Waals surface area contributed by atoms with E-state index in [0.717, 1.165) is 11.8 Å². The van der Waals surface area contributed by atoms with E-state index in [0.29, 0.717) is 0 Å². The van der Waals surface area contributed by atoms with Crippen LogP contribution in [0, 0.1) is 17.8 Å². The highest BCUT2D eigenvalue weighted by atomic mass is 14.2. The Labute approximate surface area is 97.8 Å². The Balaban J connectivity index is 3.76. The smallest absolute Gasteiger partial charge is 0.0246 e. The van der Waals surface area contributed by atoms with Gasteiger partial charge in [-0.25, -0.2) is 0 Å². The maximum absolute atomic E-state index is 2.40. The van der Waals surface area contributed by atoms with E-state index in [1.54, 1.807) is 5.92 Å². The molecule has 0 spiro atoms. The van der Waals surface area contributed by atoms with Gasteiger partial charge in [-0.2, -0.15) is 0 Å². The van der Waals surface area contributed by atoms with Crippen molar-refractivity contribution in [3.63, 3.8) is 0 Å². The summed E-state index contributed by atoms with van der Waals surface area (Å²) in [5.41, 5.74) is 0. The molecule has 0 aromatic heterocycles. The van der Waals surface area contributed by atoms with Crippen LogP contribution in [0.2, 0.25) is 0 Å². The molecule has 0 nitrogen and oxygen atoms in total. The molecule has 0 N–H and O–H groups in total. The third-order valence-corrected chi connectivity index (χ3v) is 3.80. The first kappa shape index (κ1) is 15.0. The molecule has 0 saturated heterocycles. The van der Waals surface area contributed by atoms with Gasteiger partial charge in [0.1, 0.15) is 0 Å². The molecule has 91 valence electrons. The van der Waals surface area contributed by atoms with Crippen molar-refractivity contribution in [3.8, 4) is 0 Å². The first-order valence-corrected chi connectivity index (χ1v) is 6.97. The van der Waals surface area contributed by atoms with E-state index in [2.05, 4.69) is 34.6 Å². The summed E-state index contributed by atoms with van der Waals surface area (Å²) in [5, 5.41) is 0. The van der Waals surface area contributed by atoms with E-state index in [-0.39, 0.29) is 0 Å². The molecule has 1 radical (unpaired) electrons. The fraction of sp³-hybridized carbons (Fsp3) is 0.933. The van der Waals surface area contributed by atoms with Crippen molar-refractivity contribution < 1.29 is 0 Å². The van der Waals surface area contributed by atoms with Crippen molar-refractivity contribution >= 4 is 0 Å². The van der Waals surface area contributed by atoms with E-state index in [1.165, 1.54) is 44.9 Å². The van der Waals surface area contributed by atoms with E-state index >= 15 is 0 Å². The lowest BCUT2D eigenvalue weighted by molar-refractivity contribution is 0.365. The molecule has 0 aromatic carbocycles. The largest absolute Gasteiger partial charge is 0.0654 e. The van der Waals surface area contributed by atoms with Gasteiger partial charge >= 0.3 is 0 Å².